The Morgan fingerprint density at radius 3 is 2.76 bits per heavy atom. The van der Waals surface area contributed by atoms with Gasteiger partial charge in [-0.05, 0) is 6.07 Å². The van der Waals surface area contributed by atoms with Crippen molar-refractivity contribution in [2.45, 2.75) is 6.54 Å². The lowest BCUT2D eigenvalue weighted by atomic mass is 10.2. The van der Waals surface area contributed by atoms with E-state index in [4.69, 9.17) is 5.73 Å². The van der Waals surface area contributed by atoms with Crippen LogP contribution in [0.15, 0.2) is 18.2 Å². The van der Waals surface area contributed by atoms with Crippen LogP contribution in [0.3, 0.4) is 0 Å². The van der Waals surface area contributed by atoms with Gasteiger partial charge in [-0.1, -0.05) is 11.3 Å². The van der Waals surface area contributed by atoms with Crippen LogP contribution >= 0.6 is 11.3 Å². The quantitative estimate of drug-likeness (QED) is 0.664. The van der Waals surface area contributed by atoms with Crippen molar-refractivity contribution in [1.29, 1.82) is 0 Å². The Hall–Kier alpha value is -1.93. The molecule has 1 heterocycles. The molecule has 1 aromatic heterocycles. The number of nitro benzene ring substituents is 1. The maximum atomic E-state index is 13.6. The summed E-state index contributed by atoms with van der Waals surface area (Å²) in [6, 6.07) is 3.40. The summed E-state index contributed by atoms with van der Waals surface area (Å²) in [5.74, 6) is -0.695. The number of hydrogen-bond donors (Lipinski definition) is 1. The molecule has 0 aliphatic heterocycles. The Kier molecular flexibility index (Phi) is 3.07. The van der Waals surface area contributed by atoms with Gasteiger partial charge in [-0.3, -0.25) is 10.1 Å². The highest BCUT2D eigenvalue weighted by molar-refractivity contribution is 7.14. The molecular formula is C9H7FN4O2S. The Morgan fingerprint density at radius 1 is 1.47 bits per heavy atom. The molecule has 0 saturated carbocycles. The summed E-state index contributed by atoms with van der Waals surface area (Å²) < 4.78 is 13.6. The molecule has 1 aromatic carbocycles. The van der Waals surface area contributed by atoms with Crippen molar-refractivity contribution < 1.29 is 9.31 Å². The number of rotatable bonds is 3. The first-order valence-corrected chi connectivity index (χ1v) is 5.40. The molecule has 0 aliphatic rings. The molecule has 0 spiro atoms. The predicted octanol–water partition coefficient (Wildman–Crippen LogP) is 1.71. The van der Waals surface area contributed by atoms with Crippen LogP contribution in [-0.4, -0.2) is 15.1 Å². The molecule has 0 amide bonds. The Morgan fingerprint density at radius 2 is 2.24 bits per heavy atom. The summed E-state index contributed by atoms with van der Waals surface area (Å²) in [5.41, 5.74) is 5.26. The van der Waals surface area contributed by atoms with Gasteiger partial charge < -0.3 is 5.73 Å². The number of non-ortho nitro benzene ring substituents is 1. The largest absolute Gasteiger partial charge is 0.324 e. The second kappa shape index (κ2) is 4.52. The fraction of sp³-hybridized carbons (Fsp3) is 0.111. The van der Waals surface area contributed by atoms with E-state index >= 15 is 0 Å². The highest BCUT2D eigenvalue weighted by atomic mass is 32.1. The molecule has 88 valence electrons. The molecule has 0 radical (unpaired) electrons. The van der Waals surface area contributed by atoms with Crippen molar-refractivity contribution >= 4 is 17.0 Å². The second-order valence-electron chi connectivity index (χ2n) is 3.13. The number of nitrogens with two attached hydrogens (primary N) is 1. The average Bonchev–Trinajstić information content (AvgIpc) is 2.77. The maximum absolute atomic E-state index is 13.6. The summed E-state index contributed by atoms with van der Waals surface area (Å²) in [4.78, 5) is 9.79. The fourth-order valence-electron chi connectivity index (χ4n) is 1.24. The van der Waals surface area contributed by atoms with E-state index in [1.54, 1.807) is 0 Å². The lowest BCUT2D eigenvalue weighted by molar-refractivity contribution is -0.385. The second-order valence-corrected chi connectivity index (χ2v) is 4.19. The third-order valence-electron chi connectivity index (χ3n) is 2.04. The molecule has 2 aromatic rings. The van der Waals surface area contributed by atoms with Gasteiger partial charge in [0.15, 0.2) is 5.01 Å². The lowest BCUT2D eigenvalue weighted by Gasteiger charge is -1.97. The first kappa shape index (κ1) is 11.6. The summed E-state index contributed by atoms with van der Waals surface area (Å²) in [6.45, 7) is 0.228. The Bertz CT molecular complexity index is 572. The zero-order chi connectivity index (χ0) is 12.4. The predicted molar refractivity (Wildman–Crippen MR) is 59.8 cm³/mol. The molecule has 0 unspecified atom stereocenters. The van der Waals surface area contributed by atoms with Crippen LogP contribution in [0.1, 0.15) is 5.01 Å². The Labute approximate surface area is 99.1 Å². The Balaban J connectivity index is 2.42. The van der Waals surface area contributed by atoms with Crippen LogP contribution < -0.4 is 5.73 Å². The highest BCUT2D eigenvalue weighted by Crippen LogP contribution is 2.28. The molecular weight excluding hydrogens is 247 g/mol. The van der Waals surface area contributed by atoms with E-state index in [1.807, 2.05) is 0 Å². The van der Waals surface area contributed by atoms with Gasteiger partial charge in [0.25, 0.3) is 5.69 Å². The van der Waals surface area contributed by atoms with E-state index in [1.165, 1.54) is 12.1 Å². The molecule has 8 heteroatoms. The molecule has 17 heavy (non-hydrogen) atoms. The molecule has 6 nitrogen and oxygen atoms in total. The van der Waals surface area contributed by atoms with Crippen LogP contribution in [0.25, 0.3) is 10.6 Å². The number of aromatic nitrogens is 2. The molecule has 0 bridgehead atoms. The van der Waals surface area contributed by atoms with Crippen LogP contribution in [0.2, 0.25) is 0 Å². The normalized spacial score (nSPS) is 10.5. The number of nitro groups is 1. The number of halogens is 1. The van der Waals surface area contributed by atoms with E-state index in [0.717, 1.165) is 17.4 Å². The first-order chi connectivity index (χ1) is 8.11. The molecule has 2 rings (SSSR count). The minimum Gasteiger partial charge on any atom is -0.324 e. The SMILES string of the molecule is NCc1nnc(-c2ccc([N+](=O)[O-])cc2F)s1. The maximum Gasteiger partial charge on any atom is 0.272 e. The third kappa shape index (κ3) is 2.27. The topological polar surface area (TPSA) is 94.9 Å². The van der Waals surface area contributed by atoms with Gasteiger partial charge in [0.2, 0.25) is 0 Å². The van der Waals surface area contributed by atoms with Crippen LogP contribution in [0, 0.1) is 15.9 Å². The smallest absolute Gasteiger partial charge is 0.272 e. The zero-order valence-corrected chi connectivity index (χ0v) is 9.28. The van der Waals surface area contributed by atoms with Gasteiger partial charge in [0.05, 0.1) is 11.0 Å². The number of hydrogen-bond acceptors (Lipinski definition) is 6. The van der Waals surface area contributed by atoms with Gasteiger partial charge in [-0.15, -0.1) is 10.2 Å². The van der Waals surface area contributed by atoms with Crippen molar-refractivity contribution in [1.82, 2.24) is 10.2 Å². The van der Waals surface area contributed by atoms with Gasteiger partial charge in [0.1, 0.15) is 10.8 Å². The standard InChI is InChI=1S/C9H7FN4O2S/c10-7-3-5(14(15)16)1-2-6(7)9-13-12-8(4-11)17-9/h1-3H,4,11H2. The monoisotopic (exact) mass is 254 g/mol. The minimum atomic E-state index is -0.695. The van der Waals surface area contributed by atoms with E-state index < -0.39 is 10.7 Å². The van der Waals surface area contributed by atoms with Gasteiger partial charge in [0, 0.05) is 18.2 Å². The van der Waals surface area contributed by atoms with Crippen LogP contribution in [-0.2, 0) is 6.54 Å². The lowest BCUT2D eigenvalue weighted by Crippen LogP contribution is -1.94. The van der Waals surface area contributed by atoms with E-state index in [2.05, 4.69) is 10.2 Å². The molecule has 0 aliphatic carbocycles. The van der Waals surface area contributed by atoms with E-state index in [0.29, 0.717) is 10.0 Å². The third-order valence-corrected chi connectivity index (χ3v) is 3.01. The summed E-state index contributed by atoms with van der Waals surface area (Å²) in [6.07, 6.45) is 0. The average molecular weight is 254 g/mol. The van der Waals surface area contributed by atoms with Crippen LogP contribution in [0.5, 0.6) is 0 Å². The van der Waals surface area contributed by atoms with Crippen LogP contribution in [0.4, 0.5) is 10.1 Å². The zero-order valence-electron chi connectivity index (χ0n) is 8.46. The summed E-state index contributed by atoms with van der Waals surface area (Å²) in [5, 5.41) is 18.9. The van der Waals surface area contributed by atoms with E-state index in [-0.39, 0.29) is 17.8 Å². The van der Waals surface area contributed by atoms with E-state index in [9.17, 15) is 14.5 Å². The van der Waals surface area contributed by atoms with Gasteiger partial charge >= 0.3 is 0 Å². The molecule has 0 saturated heterocycles. The van der Waals surface area contributed by atoms with Crippen molar-refractivity contribution in [3.05, 3.63) is 39.1 Å². The number of benzene rings is 1. The van der Waals surface area contributed by atoms with Crippen molar-refractivity contribution in [2.75, 3.05) is 0 Å². The van der Waals surface area contributed by atoms with Crippen molar-refractivity contribution in [3.63, 3.8) is 0 Å². The fourth-order valence-corrected chi connectivity index (χ4v) is 1.98. The molecule has 0 atom stereocenters. The number of nitrogens with zero attached hydrogens (tertiary/aromatic N) is 3. The summed E-state index contributed by atoms with van der Waals surface area (Å²) in [7, 11) is 0. The van der Waals surface area contributed by atoms with Crippen molar-refractivity contribution in [3.8, 4) is 10.6 Å². The van der Waals surface area contributed by atoms with Gasteiger partial charge in [-0.25, -0.2) is 4.39 Å². The van der Waals surface area contributed by atoms with Gasteiger partial charge in [-0.2, -0.15) is 0 Å². The first-order valence-electron chi connectivity index (χ1n) is 4.58. The van der Waals surface area contributed by atoms with Crippen molar-refractivity contribution in [2.24, 2.45) is 5.73 Å². The minimum absolute atomic E-state index is 0.188. The summed E-state index contributed by atoms with van der Waals surface area (Å²) >= 11 is 1.16. The highest BCUT2D eigenvalue weighted by Gasteiger charge is 2.15. The molecule has 0 fully saturated rings. The molecule has 2 N–H and O–H groups in total.